The number of halogens is 2. The van der Waals surface area contributed by atoms with Crippen molar-refractivity contribution in [3.63, 3.8) is 0 Å². The molecule has 2 amide bonds. The minimum absolute atomic E-state index is 0.0672. The molecule has 0 unspecified atom stereocenters. The van der Waals surface area contributed by atoms with Crippen LogP contribution in [0.4, 0.5) is 4.39 Å². The van der Waals surface area contributed by atoms with Crippen molar-refractivity contribution in [2.45, 2.75) is 26.7 Å². The molecule has 1 aliphatic heterocycles. The molecule has 1 fully saturated rings. The molecular weight excluding hydrogens is 429 g/mol. The predicted octanol–water partition coefficient (Wildman–Crippen LogP) is 2.07. The lowest BCUT2D eigenvalue weighted by atomic mass is 10.1. The van der Waals surface area contributed by atoms with Gasteiger partial charge in [0.25, 0.3) is 11.8 Å². The summed E-state index contributed by atoms with van der Waals surface area (Å²) in [6.07, 6.45) is 1.09. The molecule has 0 aliphatic carbocycles. The van der Waals surface area contributed by atoms with Crippen molar-refractivity contribution in [1.82, 2.24) is 24.8 Å². The van der Waals surface area contributed by atoms with Gasteiger partial charge >= 0.3 is 0 Å². The first-order chi connectivity index (χ1) is 14.9. The smallest absolute Gasteiger partial charge is 0.276 e. The van der Waals surface area contributed by atoms with Crippen molar-refractivity contribution < 1.29 is 23.5 Å². The summed E-state index contributed by atoms with van der Waals surface area (Å²) >= 11 is 5.99. The van der Waals surface area contributed by atoms with E-state index >= 15 is 0 Å². The van der Waals surface area contributed by atoms with Gasteiger partial charge in [0.2, 0.25) is 0 Å². The molecule has 168 valence electrons. The van der Waals surface area contributed by atoms with E-state index in [2.05, 4.69) is 10.3 Å². The zero-order valence-corrected chi connectivity index (χ0v) is 18.2. The molecule has 0 saturated carbocycles. The highest BCUT2D eigenvalue weighted by Crippen LogP contribution is 2.20. The third kappa shape index (κ3) is 5.78. The van der Waals surface area contributed by atoms with Gasteiger partial charge in [0.15, 0.2) is 12.0 Å². The first kappa shape index (κ1) is 23.1. The van der Waals surface area contributed by atoms with E-state index in [0.717, 1.165) is 6.07 Å². The van der Waals surface area contributed by atoms with Gasteiger partial charge in [-0.3, -0.25) is 9.59 Å². The Kier molecular flexibility index (Phi) is 7.94. The Bertz CT molecular complexity index is 911. The van der Waals surface area contributed by atoms with Crippen LogP contribution >= 0.6 is 11.6 Å². The van der Waals surface area contributed by atoms with E-state index in [-0.39, 0.29) is 28.1 Å². The molecule has 1 aromatic carbocycles. The number of hydrogen-bond donors (Lipinski definition) is 0. The number of hydrogen-bond acceptors (Lipinski definition) is 6. The quantitative estimate of drug-likeness (QED) is 0.568. The first-order valence-corrected chi connectivity index (χ1v) is 10.5. The Balaban J connectivity index is 1.56. The SMILES string of the molecule is CCOC(Cn1cc(C(=O)N2CCN(C(=O)c3ccc(F)cc3Cl)CC2)nn1)OCC. The second-order valence-corrected chi connectivity index (χ2v) is 7.28. The van der Waals surface area contributed by atoms with Crippen LogP contribution in [0.2, 0.25) is 5.02 Å². The van der Waals surface area contributed by atoms with Crippen LogP contribution in [0.3, 0.4) is 0 Å². The summed E-state index contributed by atoms with van der Waals surface area (Å²) in [6.45, 7) is 6.42. The number of ether oxygens (including phenoxy) is 2. The maximum Gasteiger partial charge on any atom is 0.276 e. The van der Waals surface area contributed by atoms with E-state index in [0.29, 0.717) is 45.9 Å². The van der Waals surface area contributed by atoms with E-state index in [4.69, 9.17) is 21.1 Å². The number of nitrogens with zero attached hydrogens (tertiary/aromatic N) is 5. The highest BCUT2D eigenvalue weighted by molar-refractivity contribution is 6.33. The zero-order valence-electron chi connectivity index (χ0n) is 17.5. The van der Waals surface area contributed by atoms with Crippen LogP contribution in [0.1, 0.15) is 34.7 Å². The highest BCUT2D eigenvalue weighted by atomic mass is 35.5. The maximum atomic E-state index is 13.2. The lowest BCUT2D eigenvalue weighted by Crippen LogP contribution is -2.50. The third-order valence-corrected chi connectivity index (χ3v) is 5.13. The normalized spacial score (nSPS) is 14.4. The fraction of sp³-hybridized carbons (Fsp3) is 0.500. The molecule has 2 heterocycles. The average Bonchev–Trinajstić information content (AvgIpc) is 3.22. The van der Waals surface area contributed by atoms with E-state index in [9.17, 15) is 14.0 Å². The van der Waals surface area contributed by atoms with Crippen molar-refractivity contribution in [1.29, 1.82) is 0 Å². The van der Waals surface area contributed by atoms with Crippen LogP contribution < -0.4 is 0 Å². The van der Waals surface area contributed by atoms with Crippen LogP contribution in [0.25, 0.3) is 0 Å². The van der Waals surface area contributed by atoms with Crippen molar-refractivity contribution in [3.05, 3.63) is 46.5 Å². The van der Waals surface area contributed by atoms with Crippen LogP contribution in [0.15, 0.2) is 24.4 Å². The van der Waals surface area contributed by atoms with Crippen molar-refractivity contribution in [3.8, 4) is 0 Å². The Labute approximate surface area is 184 Å². The molecular formula is C20H25ClFN5O4. The van der Waals surface area contributed by atoms with Crippen molar-refractivity contribution >= 4 is 23.4 Å². The van der Waals surface area contributed by atoms with Gasteiger partial charge in [0, 0.05) is 39.4 Å². The number of piperazine rings is 1. The molecule has 11 heteroatoms. The summed E-state index contributed by atoms with van der Waals surface area (Å²) in [7, 11) is 0. The summed E-state index contributed by atoms with van der Waals surface area (Å²) in [5.74, 6) is -1.05. The van der Waals surface area contributed by atoms with Crippen molar-refractivity contribution in [2.24, 2.45) is 0 Å². The highest BCUT2D eigenvalue weighted by Gasteiger charge is 2.28. The molecule has 1 aliphatic rings. The van der Waals surface area contributed by atoms with Gasteiger partial charge in [0.1, 0.15) is 5.82 Å². The molecule has 0 atom stereocenters. The first-order valence-electron chi connectivity index (χ1n) is 10.1. The number of aromatic nitrogens is 3. The largest absolute Gasteiger partial charge is 0.351 e. The van der Waals surface area contributed by atoms with E-state index in [1.54, 1.807) is 16.0 Å². The Morgan fingerprint density at radius 1 is 1.10 bits per heavy atom. The standard InChI is InChI=1S/C20H25ClFN5O4/c1-3-30-18(31-4-2)13-27-12-17(23-24-27)20(29)26-9-7-25(8-10-26)19(28)15-6-5-14(22)11-16(15)21/h5-6,11-12,18H,3-4,7-10,13H2,1-2H3. The monoisotopic (exact) mass is 453 g/mol. The molecule has 0 bridgehead atoms. The van der Waals surface area contributed by atoms with Gasteiger partial charge in [-0.2, -0.15) is 0 Å². The van der Waals surface area contributed by atoms with Gasteiger partial charge in [-0.05, 0) is 32.0 Å². The fourth-order valence-electron chi connectivity index (χ4n) is 3.27. The van der Waals surface area contributed by atoms with Gasteiger partial charge < -0.3 is 19.3 Å². The number of carbonyl (C=O) groups excluding carboxylic acids is 2. The van der Waals surface area contributed by atoms with E-state index in [1.165, 1.54) is 16.8 Å². The molecule has 0 spiro atoms. The lowest BCUT2D eigenvalue weighted by Gasteiger charge is -2.34. The molecule has 1 aromatic heterocycles. The second-order valence-electron chi connectivity index (χ2n) is 6.87. The van der Waals surface area contributed by atoms with Gasteiger partial charge in [-0.1, -0.05) is 16.8 Å². The Morgan fingerprint density at radius 2 is 1.71 bits per heavy atom. The summed E-state index contributed by atoms with van der Waals surface area (Å²) in [5.41, 5.74) is 0.456. The summed E-state index contributed by atoms with van der Waals surface area (Å²) in [4.78, 5) is 28.6. The average molecular weight is 454 g/mol. The van der Waals surface area contributed by atoms with Gasteiger partial charge in [0.05, 0.1) is 23.3 Å². The topological polar surface area (TPSA) is 89.8 Å². The van der Waals surface area contributed by atoms with Crippen molar-refractivity contribution in [2.75, 3.05) is 39.4 Å². The summed E-state index contributed by atoms with van der Waals surface area (Å²) in [5, 5.41) is 8.02. The molecule has 2 aromatic rings. The van der Waals surface area contributed by atoms with Crippen LogP contribution in [-0.2, 0) is 16.0 Å². The van der Waals surface area contributed by atoms with Crippen LogP contribution in [-0.4, -0.2) is 82.3 Å². The Morgan fingerprint density at radius 3 is 2.29 bits per heavy atom. The minimum atomic E-state index is -0.501. The van der Waals surface area contributed by atoms with E-state index in [1.807, 2.05) is 13.8 Å². The minimum Gasteiger partial charge on any atom is -0.351 e. The fourth-order valence-corrected chi connectivity index (χ4v) is 3.52. The Hall–Kier alpha value is -2.56. The van der Waals surface area contributed by atoms with Gasteiger partial charge in [-0.25, -0.2) is 9.07 Å². The maximum absolute atomic E-state index is 13.2. The predicted molar refractivity (Wildman–Crippen MR) is 110 cm³/mol. The zero-order chi connectivity index (χ0) is 22.4. The molecule has 0 radical (unpaired) electrons. The number of amides is 2. The number of rotatable bonds is 8. The molecule has 0 N–H and O–H groups in total. The number of benzene rings is 1. The second kappa shape index (κ2) is 10.7. The summed E-state index contributed by atoms with van der Waals surface area (Å²) in [6, 6.07) is 3.68. The molecule has 9 nitrogen and oxygen atoms in total. The van der Waals surface area contributed by atoms with Crippen LogP contribution in [0.5, 0.6) is 0 Å². The van der Waals surface area contributed by atoms with Gasteiger partial charge in [-0.15, -0.1) is 5.10 Å². The number of carbonyl (C=O) groups is 2. The molecule has 1 saturated heterocycles. The molecule has 3 rings (SSSR count). The molecule has 31 heavy (non-hydrogen) atoms. The third-order valence-electron chi connectivity index (χ3n) is 4.81. The lowest BCUT2D eigenvalue weighted by molar-refractivity contribution is -0.145. The van der Waals surface area contributed by atoms with E-state index < -0.39 is 12.1 Å². The van der Waals surface area contributed by atoms with Crippen LogP contribution in [0, 0.1) is 5.82 Å². The summed E-state index contributed by atoms with van der Waals surface area (Å²) < 4.78 is 25.7.